The summed E-state index contributed by atoms with van der Waals surface area (Å²) in [5.74, 6) is -0.783. The lowest BCUT2D eigenvalue weighted by molar-refractivity contribution is 0.0991. The Hall–Kier alpha value is -2.38. The number of carbonyl (C=O) groups is 1. The van der Waals surface area contributed by atoms with Gasteiger partial charge in [-0.15, -0.1) is 0 Å². The average Bonchev–Trinajstić information content (AvgIpc) is 2.95. The van der Waals surface area contributed by atoms with Gasteiger partial charge in [-0.2, -0.15) is 0 Å². The molecule has 7 heteroatoms. The molecule has 0 saturated carbocycles. The Morgan fingerprint density at radius 3 is 2.67 bits per heavy atom. The molecule has 1 aromatic carbocycles. The highest BCUT2D eigenvalue weighted by molar-refractivity contribution is 6.06. The number of phenols is 1. The monoisotopic (exact) mass is 334 g/mol. The molecule has 24 heavy (non-hydrogen) atoms. The number of methoxy groups -OCH3 is 1. The Morgan fingerprint density at radius 1 is 1.29 bits per heavy atom. The molecule has 3 rings (SSSR count). The minimum absolute atomic E-state index is 0.0279. The molecule has 1 aliphatic carbocycles. The molecule has 1 aromatic heterocycles. The van der Waals surface area contributed by atoms with E-state index in [2.05, 4.69) is 0 Å². The molecule has 0 unspecified atom stereocenters. The molecule has 0 fully saturated rings. The summed E-state index contributed by atoms with van der Waals surface area (Å²) in [6.45, 7) is -0.541. The Bertz CT molecular complexity index is 866. The number of fused-ring (bicyclic) bond motifs is 3. The van der Waals surface area contributed by atoms with Crippen LogP contribution in [0.3, 0.4) is 0 Å². The normalized spacial score (nSPS) is 14.9. The topological polar surface area (TPSA) is 117 Å². The number of carbonyl (C=O) groups excluding carboxylic acids is 1. The maximum Gasteiger partial charge on any atom is 0.347 e. The predicted molar refractivity (Wildman–Crippen MR) is 84.9 cm³/mol. The van der Waals surface area contributed by atoms with Crippen LogP contribution in [-0.4, -0.2) is 41.4 Å². The van der Waals surface area contributed by atoms with E-state index in [9.17, 15) is 24.9 Å². The van der Waals surface area contributed by atoms with Crippen molar-refractivity contribution in [3.8, 4) is 11.5 Å². The SMILES string of the molecule is COc1cc(O)c([C@@H](CO)CCO)c2oc(=O)c3c(c12)CCC3=O. The molecular formula is C17H18O7. The van der Waals surface area contributed by atoms with Gasteiger partial charge < -0.3 is 24.5 Å². The van der Waals surface area contributed by atoms with E-state index >= 15 is 0 Å². The highest BCUT2D eigenvalue weighted by Gasteiger charge is 2.31. The van der Waals surface area contributed by atoms with E-state index in [0.29, 0.717) is 23.1 Å². The minimum atomic E-state index is -0.755. The second-order valence-electron chi connectivity index (χ2n) is 5.77. The van der Waals surface area contributed by atoms with Crippen LogP contribution in [0.1, 0.15) is 40.2 Å². The molecule has 0 saturated heterocycles. The zero-order valence-corrected chi connectivity index (χ0v) is 13.2. The van der Waals surface area contributed by atoms with E-state index in [4.69, 9.17) is 9.15 Å². The second-order valence-corrected chi connectivity index (χ2v) is 5.77. The lowest BCUT2D eigenvalue weighted by atomic mass is 9.92. The van der Waals surface area contributed by atoms with Gasteiger partial charge in [-0.3, -0.25) is 4.79 Å². The van der Waals surface area contributed by atoms with Gasteiger partial charge in [0.05, 0.1) is 19.1 Å². The van der Waals surface area contributed by atoms with Gasteiger partial charge in [0.2, 0.25) is 0 Å². The molecule has 0 spiro atoms. The van der Waals surface area contributed by atoms with Crippen molar-refractivity contribution in [1.82, 2.24) is 0 Å². The number of rotatable bonds is 5. The first-order valence-electron chi connectivity index (χ1n) is 7.67. The fourth-order valence-electron chi connectivity index (χ4n) is 3.35. The van der Waals surface area contributed by atoms with E-state index in [-0.39, 0.29) is 54.3 Å². The van der Waals surface area contributed by atoms with Crippen molar-refractivity contribution in [2.24, 2.45) is 0 Å². The number of hydrogen-bond acceptors (Lipinski definition) is 7. The smallest absolute Gasteiger partial charge is 0.347 e. The molecule has 0 radical (unpaired) electrons. The first-order chi connectivity index (χ1) is 11.5. The minimum Gasteiger partial charge on any atom is -0.507 e. The maximum atomic E-state index is 12.2. The molecule has 1 heterocycles. The molecule has 2 aromatic rings. The number of phenolic OH excluding ortho intramolecular Hbond substituents is 1. The quantitative estimate of drug-likeness (QED) is 0.701. The molecule has 128 valence electrons. The van der Waals surface area contributed by atoms with Crippen molar-refractivity contribution in [2.75, 3.05) is 20.3 Å². The van der Waals surface area contributed by atoms with Crippen LogP contribution < -0.4 is 10.4 Å². The van der Waals surface area contributed by atoms with Crippen molar-refractivity contribution in [3.05, 3.63) is 33.2 Å². The lowest BCUT2D eigenvalue weighted by Gasteiger charge is -2.19. The molecule has 0 bridgehead atoms. The van der Waals surface area contributed by atoms with Gasteiger partial charge in [-0.1, -0.05) is 0 Å². The van der Waals surface area contributed by atoms with E-state index in [0.717, 1.165) is 0 Å². The number of Topliss-reactive ketones (excluding diaryl/α,β-unsaturated/α-hetero) is 1. The van der Waals surface area contributed by atoms with Gasteiger partial charge in [0.1, 0.15) is 22.6 Å². The van der Waals surface area contributed by atoms with Crippen molar-refractivity contribution in [2.45, 2.75) is 25.2 Å². The number of ketones is 1. The fraction of sp³-hybridized carbons (Fsp3) is 0.412. The van der Waals surface area contributed by atoms with Crippen LogP contribution in [0.4, 0.5) is 0 Å². The first-order valence-corrected chi connectivity index (χ1v) is 7.67. The number of ether oxygens (including phenoxy) is 1. The summed E-state index contributed by atoms with van der Waals surface area (Å²) in [5, 5.41) is 29.6. The summed E-state index contributed by atoms with van der Waals surface area (Å²) < 4.78 is 10.6. The van der Waals surface area contributed by atoms with Crippen molar-refractivity contribution in [1.29, 1.82) is 0 Å². The maximum absolute atomic E-state index is 12.2. The second kappa shape index (κ2) is 6.26. The van der Waals surface area contributed by atoms with E-state index in [1.165, 1.54) is 13.2 Å². The number of benzene rings is 1. The highest BCUT2D eigenvalue weighted by atomic mass is 16.5. The summed E-state index contributed by atoms with van der Waals surface area (Å²) in [7, 11) is 1.42. The van der Waals surface area contributed by atoms with Crippen LogP contribution in [-0.2, 0) is 6.42 Å². The van der Waals surface area contributed by atoms with Gasteiger partial charge >= 0.3 is 5.63 Å². The third-order valence-electron chi connectivity index (χ3n) is 4.47. The first kappa shape index (κ1) is 16.5. The van der Waals surface area contributed by atoms with Gasteiger partial charge in [-0.25, -0.2) is 4.79 Å². The Kier molecular flexibility index (Phi) is 4.29. The average molecular weight is 334 g/mol. The Labute approximate surface area is 137 Å². The predicted octanol–water partition coefficient (Wildman–Crippen LogP) is 1.09. The third kappa shape index (κ3) is 2.37. The van der Waals surface area contributed by atoms with Gasteiger partial charge in [0, 0.05) is 30.6 Å². The molecule has 0 amide bonds. The summed E-state index contributed by atoms with van der Waals surface area (Å²) in [4.78, 5) is 24.2. The lowest BCUT2D eigenvalue weighted by Crippen LogP contribution is -2.14. The van der Waals surface area contributed by atoms with E-state index < -0.39 is 11.5 Å². The molecule has 1 atom stereocenters. The van der Waals surface area contributed by atoms with Gasteiger partial charge in [0.15, 0.2) is 5.78 Å². The summed E-state index contributed by atoms with van der Waals surface area (Å²) in [5.41, 5.74) is 0.152. The number of aliphatic hydroxyl groups is 2. The third-order valence-corrected chi connectivity index (χ3v) is 4.47. The largest absolute Gasteiger partial charge is 0.507 e. The number of aliphatic hydroxyl groups excluding tert-OH is 2. The van der Waals surface area contributed by atoms with Crippen LogP contribution in [0.15, 0.2) is 15.3 Å². The summed E-state index contributed by atoms with van der Waals surface area (Å²) >= 11 is 0. The molecule has 0 aliphatic heterocycles. The molecular weight excluding hydrogens is 316 g/mol. The van der Waals surface area contributed by atoms with E-state index in [1.807, 2.05) is 0 Å². The zero-order chi connectivity index (χ0) is 17.4. The van der Waals surface area contributed by atoms with Gasteiger partial charge in [-0.05, 0) is 18.4 Å². The van der Waals surface area contributed by atoms with Crippen molar-refractivity contribution in [3.63, 3.8) is 0 Å². The Balaban J connectivity index is 2.43. The fourth-order valence-corrected chi connectivity index (χ4v) is 3.35. The van der Waals surface area contributed by atoms with Gasteiger partial charge in [0.25, 0.3) is 0 Å². The molecule has 7 nitrogen and oxygen atoms in total. The standard InChI is InChI=1S/C17H18O7/c1-23-12-6-11(21)13(8(7-19)4-5-18)16-15(12)9-2-3-10(20)14(9)17(22)24-16/h6,8,18-19,21H,2-5,7H2,1H3/t8-/m1/s1. The number of aromatic hydroxyl groups is 1. The van der Waals surface area contributed by atoms with Crippen LogP contribution in [0.25, 0.3) is 11.0 Å². The van der Waals surface area contributed by atoms with Crippen molar-refractivity contribution < 1.29 is 29.3 Å². The molecule has 1 aliphatic rings. The zero-order valence-electron chi connectivity index (χ0n) is 13.2. The number of hydrogen-bond donors (Lipinski definition) is 3. The van der Waals surface area contributed by atoms with Crippen LogP contribution in [0, 0.1) is 0 Å². The van der Waals surface area contributed by atoms with Crippen LogP contribution in [0.5, 0.6) is 11.5 Å². The Morgan fingerprint density at radius 2 is 2.04 bits per heavy atom. The van der Waals surface area contributed by atoms with Crippen LogP contribution in [0.2, 0.25) is 0 Å². The number of aryl methyl sites for hydroxylation is 1. The highest BCUT2D eigenvalue weighted by Crippen LogP contribution is 2.43. The van der Waals surface area contributed by atoms with Crippen molar-refractivity contribution >= 4 is 16.8 Å². The van der Waals surface area contributed by atoms with Crippen LogP contribution >= 0.6 is 0 Å². The van der Waals surface area contributed by atoms with E-state index in [1.54, 1.807) is 0 Å². The summed E-state index contributed by atoms with van der Waals surface area (Å²) in [6, 6.07) is 1.38. The summed E-state index contributed by atoms with van der Waals surface area (Å²) in [6.07, 6.45) is 0.796. The molecule has 3 N–H and O–H groups in total.